The van der Waals surface area contributed by atoms with Crippen LogP contribution in [0.2, 0.25) is 0 Å². The number of rotatable bonds is 3. The third-order valence-electron chi connectivity index (χ3n) is 4.76. The zero-order chi connectivity index (χ0) is 14.8. The molecular formula is C19H25NO. The SMILES string of the molecule is CC1CC(C)CC(NCc2c(O)ccc3ccccc23)C1. The van der Waals surface area contributed by atoms with Crippen LogP contribution < -0.4 is 5.32 Å². The Labute approximate surface area is 127 Å². The minimum absolute atomic E-state index is 0.401. The van der Waals surface area contributed by atoms with Gasteiger partial charge in [0.25, 0.3) is 0 Å². The van der Waals surface area contributed by atoms with Gasteiger partial charge in [-0.2, -0.15) is 0 Å². The number of phenols is 1. The van der Waals surface area contributed by atoms with Crippen molar-refractivity contribution in [1.82, 2.24) is 5.32 Å². The minimum atomic E-state index is 0.401. The molecule has 112 valence electrons. The lowest BCUT2D eigenvalue weighted by molar-refractivity contribution is 0.238. The zero-order valence-corrected chi connectivity index (χ0v) is 13.0. The molecule has 1 aliphatic carbocycles. The molecule has 2 aromatic carbocycles. The van der Waals surface area contributed by atoms with E-state index in [0.717, 1.165) is 29.3 Å². The summed E-state index contributed by atoms with van der Waals surface area (Å²) in [6, 6.07) is 12.6. The molecule has 21 heavy (non-hydrogen) atoms. The van der Waals surface area contributed by atoms with Gasteiger partial charge in [-0.25, -0.2) is 0 Å². The molecule has 0 spiro atoms. The molecule has 1 fully saturated rings. The number of benzene rings is 2. The van der Waals surface area contributed by atoms with Crippen molar-refractivity contribution in [2.75, 3.05) is 0 Å². The molecule has 2 nitrogen and oxygen atoms in total. The van der Waals surface area contributed by atoms with Gasteiger partial charge < -0.3 is 10.4 Å². The Morgan fingerprint density at radius 1 is 1.00 bits per heavy atom. The minimum Gasteiger partial charge on any atom is -0.508 e. The highest BCUT2D eigenvalue weighted by molar-refractivity contribution is 5.87. The summed E-state index contributed by atoms with van der Waals surface area (Å²) in [5.74, 6) is 2.00. The maximum absolute atomic E-state index is 10.2. The summed E-state index contributed by atoms with van der Waals surface area (Å²) >= 11 is 0. The summed E-state index contributed by atoms with van der Waals surface area (Å²) in [6.07, 6.45) is 3.84. The number of hydrogen-bond donors (Lipinski definition) is 2. The Bertz CT molecular complexity index is 612. The third kappa shape index (κ3) is 3.21. The van der Waals surface area contributed by atoms with E-state index in [1.165, 1.54) is 24.6 Å². The van der Waals surface area contributed by atoms with E-state index in [4.69, 9.17) is 0 Å². The summed E-state index contributed by atoms with van der Waals surface area (Å²) < 4.78 is 0. The van der Waals surface area contributed by atoms with Crippen molar-refractivity contribution in [2.45, 2.75) is 45.7 Å². The van der Waals surface area contributed by atoms with Crippen LogP contribution in [-0.2, 0) is 6.54 Å². The first-order valence-electron chi connectivity index (χ1n) is 8.06. The molecule has 2 N–H and O–H groups in total. The second kappa shape index (κ2) is 6.07. The smallest absolute Gasteiger partial charge is 0.120 e. The summed E-state index contributed by atoms with van der Waals surface area (Å²) in [7, 11) is 0. The van der Waals surface area contributed by atoms with Crippen LogP contribution in [0.4, 0.5) is 0 Å². The van der Waals surface area contributed by atoms with Crippen LogP contribution in [0.3, 0.4) is 0 Å². The van der Waals surface area contributed by atoms with Crippen molar-refractivity contribution in [3.8, 4) is 5.75 Å². The van der Waals surface area contributed by atoms with Gasteiger partial charge in [-0.15, -0.1) is 0 Å². The fraction of sp³-hybridized carbons (Fsp3) is 0.474. The quantitative estimate of drug-likeness (QED) is 0.871. The highest BCUT2D eigenvalue weighted by atomic mass is 16.3. The molecule has 0 radical (unpaired) electrons. The molecule has 3 rings (SSSR count). The Kier molecular flexibility index (Phi) is 4.16. The first-order valence-corrected chi connectivity index (χ1v) is 8.06. The predicted molar refractivity (Wildman–Crippen MR) is 88.4 cm³/mol. The summed E-state index contributed by atoms with van der Waals surface area (Å²) in [5, 5.41) is 16.2. The molecule has 0 heterocycles. The zero-order valence-electron chi connectivity index (χ0n) is 13.0. The maximum atomic E-state index is 10.2. The van der Waals surface area contributed by atoms with E-state index < -0.39 is 0 Å². The van der Waals surface area contributed by atoms with Gasteiger partial charge >= 0.3 is 0 Å². The van der Waals surface area contributed by atoms with E-state index in [2.05, 4.69) is 31.3 Å². The number of hydrogen-bond acceptors (Lipinski definition) is 2. The van der Waals surface area contributed by atoms with Gasteiger partial charge in [-0.05, 0) is 47.9 Å². The number of phenolic OH excluding ortho intramolecular Hbond substituents is 1. The summed E-state index contributed by atoms with van der Waals surface area (Å²) in [4.78, 5) is 0. The maximum Gasteiger partial charge on any atom is 0.120 e. The highest BCUT2D eigenvalue weighted by Gasteiger charge is 2.23. The molecule has 2 atom stereocenters. The van der Waals surface area contributed by atoms with Gasteiger partial charge in [0.1, 0.15) is 5.75 Å². The van der Waals surface area contributed by atoms with Crippen LogP contribution in [0.25, 0.3) is 10.8 Å². The fourth-order valence-corrected chi connectivity index (χ4v) is 3.87. The van der Waals surface area contributed by atoms with Gasteiger partial charge in [0, 0.05) is 18.2 Å². The lowest BCUT2D eigenvalue weighted by Crippen LogP contribution is -2.35. The Morgan fingerprint density at radius 3 is 2.48 bits per heavy atom. The molecule has 2 unspecified atom stereocenters. The molecule has 0 aromatic heterocycles. The highest BCUT2D eigenvalue weighted by Crippen LogP contribution is 2.30. The monoisotopic (exact) mass is 283 g/mol. The van der Waals surface area contributed by atoms with Crippen LogP contribution in [0.15, 0.2) is 36.4 Å². The molecule has 0 amide bonds. The van der Waals surface area contributed by atoms with E-state index in [0.29, 0.717) is 11.8 Å². The van der Waals surface area contributed by atoms with E-state index in [9.17, 15) is 5.11 Å². The Hall–Kier alpha value is -1.54. The average Bonchev–Trinajstić information content (AvgIpc) is 2.45. The lowest BCUT2D eigenvalue weighted by atomic mass is 9.80. The van der Waals surface area contributed by atoms with E-state index in [-0.39, 0.29) is 0 Å². The van der Waals surface area contributed by atoms with E-state index in [1.807, 2.05) is 24.3 Å². The lowest BCUT2D eigenvalue weighted by Gasteiger charge is -2.32. The van der Waals surface area contributed by atoms with Crippen molar-refractivity contribution in [3.05, 3.63) is 42.0 Å². The van der Waals surface area contributed by atoms with Crippen LogP contribution in [0.1, 0.15) is 38.7 Å². The summed E-state index contributed by atoms with van der Waals surface area (Å²) in [5.41, 5.74) is 1.03. The van der Waals surface area contributed by atoms with Gasteiger partial charge in [0.2, 0.25) is 0 Å². The van der Waals surface area contributed by atoms with E-state index in [1.54, 1.807) is 0 Å². The first kappa shape index (κ1) is 14.4. The second-order valence-corrected chi connectivity index (χ2v) is 6.78. The van der Waals surface area contributed by atoms with Crippen molar-refractivity contribution >= 4 is 10.8 Å². The average molecular weight is 283 g/mol. The first-order chi connectivity index (χ1) is 10.1. The normalized spacial score (nSPS) is 26.1. The van der Waals surface area contributed by atoms with Crippen LogP contribution in [0, 0.1) is 11.8 Å². The Balaban J connectivity index is 1.77. The molecule has 1 aliphatic rings. The molecule has 0 saturated heterocycles. The fourth-order valence-electron chi connectivity index (χ4n) is 3.87. The summed E-state index contributed by atoms with van der Waals surface area (Å²) in [6.45, 7) is 5.44. The van der Waals surface area contributed by atoms with Crippen molar-refractivity contribution in [3.63, 3.8) is 0 Å². The number of nitrogens with one attached hydrogen (secondary N) is 1. The van der Waals surface area contributed by atoms with Gasteiger partial charge in [-0.1, -0.05) is 44.2 Å². The van der Waals surface area contributed by atoms with Crippen LogP contribution in [0.5, 0.6) is 5.75 Å². The molecule has 0 aliphatic heterocycles. The number of fused-ring (bicyclic) bond motifs is 1. The van der Waals surface area contributed by atoms with Gasteiger partial charge in [0.15, 0.2) is 0 Å². The van der Waals surface area contributed by atoms with Crippen molar-refractivity contribution in [2.24, 2.45) is 11.8 Å². The van der Waals surface area contributed by atoms with Gasteiger partial charge in [0.05, 0.1) is 0 Å². The second-order valence-electron chi connectivity index (χ2n) is 6.78. The third-order valence-corrected chi connectivity index (χ3v) is 4.76. The topological polar surface area (TPSA) is 32.3 Å². The predicted octanol–water partition coefficient (Wildman–Crippen LogP) is 4.46. The van der Waals surface area contributed by atoms with E-state index >= 15 is 0 Å². The molecule has 0 bridgehead atoms. The van der Waals surface area contributed by atoms with Gasteiger partial charge in [-0.3, -0.25) is 0 Å². The largest absolute Gasteiger partial charge is 0.508 e. The molecule has 2 heteroatoms. The van der Waals surface area contributed by atoms with Crippen LogP contribution in [-0.4, -0.2) is 11.1 Å². The molecular weight excluding hydrogens is 258 g/mol. The van der Waals surface area contributed by atoms with Crippen LogP contribution >= 0.6 is 0 Å². The van der Waals surface area contributed by atoms with Crippen molar-refractivity contribution in [1.29, 1.82) is 0 Å². The molecule has 1 saturated carbocycles. The van der Waals surface area contributed by atoms with Crippen molar-refractivity contribution < 1.29 is 5.11 Å². The Morgan fingerprint density at radius 2 is 1.71 bits per heavy atom. The standard InChI is InChI=1S/C19H25NO/c1-13-9-14(2)11-16(10-13)20-12-18-17-6-4-3-5-15(17)7-8-19(18)21/h3-8,13-14,16,20-21H,9-12H2,1-2H3. The molecule has 2 aromatic rings. The number of aromatic hydroxyl groups is 1.